The average Bonchev–Trinajstić information content (AvgIpc) is 2.58. The summed E-state index contributed by atoms with van der Waals surface area (Å²) in [4.78, 5) is 0. The maximum atomic E-state index is 5.41. The van der Waals surface area contributed by atoms with E-state index in [0.717, 1.165) is 55.6 Å². The van der Waals surface area contributed by atoms with Crippen LogP contribution in [0.15, 0.2) is 24.3 Å². The molecule has 3 aliphatic rings. The number of rotatable bonds is 8. The largest absolute Gasteiger partial charge is 0.496 e. The number of nitrogens with one attached hydrogen (secondary N) is 2. The second kappa shape index (κ2) is 7.45. The van der Waals surface area contributed by atoms with Crippen LogP contribution in [0.5, 0.6) is 5.75 Å². The van der Waals surface area contributed by atoms with E-state index in [2.05, 4.69) is 43.5 Å². The Morgan fingerprint density at radius 1 is 1.12 bits per heavy atom. The van der Waals surface area contributed by atoms with Crippen LogP contribution in [0.2, 0.25) is 0 Å². The Morgan fingerprint density at radius 2 is 1.92 bits per heavy atom. The molecule has 2 bridgehead atoms. The molecule has 24 heavy (non-hydrogen) atoms. The lowest BCUT2D eigenvalue weighted by Crippen LogP contribution is -2.60. The van der Waals surface area contributed by atoms with E-state index in [1.807, 2.05) is 12.1 Å². The van der Waals surface area contributed by atoms with Crippen molar-refractivity contribution >= 4 is 0 Å². The predicted molar refractivity (Wildman–Crippen MR) is 101 cm³/mol. The van der Waals surface area contributed by atoms with Crippen molar-refractivity contribution in [3.8, 4) is 5.75 Å². The summed E-state index contributed by atoms with van der Waals surface area (Å²) < 4.78 is 5.41. The third kappa shape index (κ3) is 3.48. The molecule has 0 spiro atoms. The second-order valence-electron chi connectivity index (χ2n) is 8.33. The second-order valence-corrected chi connectivity index (χ2v) is 8.33. The first-order valence-corrected chi connectivity index (χ1v) is 9.60. The zero-order valence-electron chi connectivity index (χ0n) is 15.8. The molecule has 3 heteroatoms. The molecule has 0 saturated heterocycles. The predicted octanol–water partition coefficient (Wildman–Crippen LogP) is 3.49. The van der Waals surface area contributed by atoms with Gasteiger partial charge < -0.3 is 15.4 Å². The fraction of sp³-hybridized carbons (Fsp3) is 0.714. The van der Waals surface area contributed by atoms with Crippen molar-refractivity contribution in [1.29, 1.82) is 0 Å². The standard InChI is InChI=1S/C21H34N2O/c1-15-18-13-17(21(18,2)3)14-19(15)23-12-11-22-10-9-16-7-5-6-8-20(16)24-4/h5-8,15,17-19,22-23H,9-14H2,1-4H3/t15-,17+,18-,19+/m0/s1. The van der Waals surface area contributed by atoms with Crippen molar-refractivity contribution < 1.29 is 4.74 Å². The topological polar surface area (TPSA) is 33.3 Å². The molecule has 0 aromatic heterocycles. The van der Waals surface area contributed by atoms with Gasteiger partial charge in [0, 0.05) is 19.1 Å². The quantitative estimate of drug-likeness (QED) is 0.716. The Bertz CT molecular complexity index is 542. The SMILES string of the molecule is COc1ccccc1CCNCCN[C@@H]1C[C@H]2C[C@@H]([C@@H]1C)C2(C)C. The molecule has 3 fully saturated rings. The first-order valence-electron chi connectivity index (χ1n) is 9.60. The van der Waals surface area contributed by atoms with E-state index >= 15 is 0 Å². The Hall–Kier alpha value is -1.06. The van der Waals surface area contributed by atoms with Crippen LogP contribution in [-0.4, -0.2) is 32.8 Å². The van der Waals surface area contributed by atoms with E-state index in [-0.39, 0.29) is 0 Å². The van der Waals surface area contributed by atoms with Crippen LogP contribution in [0.25, 0.3) is 0 Å². The highest BCUT2D eigenvalue weighted by Gasteiger charge is 2.55. The number of methoxy groups -OCH3 is 1. The smallest absolute Gasteiger partial charge is 0.122 e. The first-order chi connectivity index (χ1) is 11.5. The number of benzene rings is 1. The summed E-state index contributed by atoms with van der Waals surface area (Å²) in [6.07, 6.45) is 3.84. The van der Waals surface area contributed by atoms with Gasteiger partial charge in [0.05, 0.1) is 7.11 Å². The Labute approximate surface area is 147 Å². The van der Waals surface area contributed by atoms with E-state index in [1.54, 1.807) is 7.11 Å². The van der Waals surface area contributed by atoms with Crippen molar-refractivity contribution in [1.82, 2.24) is 10.6 Å². The maximum absolute atomic E-state index is 5.41. The minimum atomic E-state index is 0.588. The zero-order chi connectivity index (χ0) is 17.2. The van der Waals surface area contributed by atoms with Gasteiger partial charge in [0.2, 0.25) is 0 Å². The van der Waals surface area contributed by atoms with E-state index in [0.29, 0.717) is 5.41 Å². The van der Waals surface area contributed by atoms with E-state index in [4.69, 9.17) is 4.74 Å². The van der Waals surface area contributed by atoms with Crippen molar-refractivity contribution in [2.75, 3.05) is 26.7 Å². The maximum Gasteiger partial charge on any atom is 0.122 e. The van der Waals surface area contributed by atoms with Gasteiger partial charge in [-0.15, -0.1) is 0 Å². The summed E-state index contributed by atoms with van der Waals surface area (Å²) >= 11 is 0. The van der Waals surface area contributed by atoms with Gasteiger partial charge >= 0.3 is 0 Å². The van der Waals surface area contributed by atoms with Gasteiger partial charge in [0.25, 0.3) is 0 Å². The van der Waals surface area contributed by atoms with Gasteiger partial charge in [-0.05, 0) is 60.6 Å². The van der Waals surface area contributed by atoms with E-state index < -0.39 is 0 Å². The molecule has 1 aromatic rings. The van der Waals surface area contributed by atoms with Crippen LogP contribution < -0.4 is 15.4 Å². The van der Waals surface area contributed by atoms with Gasteiger partial charge in [0.1, 0.15) is 5.75 Å². The monoisotopic (exact) mass is 330 g/mol. The molecule has 3 aliphatic carbocycles. The van der Waals surface area contributed by atoms with Crippen LogP contribution in [0, 0.1) is 23.2 Å². The minimum Gasteiger partial charge on any atom is -0.496 e. The Morgan fingerprint density at radius 3 is 2.62 bits per heavy atom. The highest BCUT2D eigenvalue weighted by molar-refractivity contribution is 5.33. The molecule has 1 aromatic carbocycles. The average molecular weight is 331 g/mol. The molecule has 0 amide bonds. The van der Waals surface area contributed by atoms with Crippen LogP contribution in [0.4, 0.5) is 0 Å². The molecule has 0 radical (unpaired) electrons. The van der Waals surface area contributed by atoms with E-state index in [9.17, 15) is 0 Å². The highest BCUT2D eigenvalue weighted by Crippen LogP contribution is 2.61. The first kappa shape index (κ1) is 17.8. The summed E-state index contributed by atoms with van der Waals surface area (Å²) in [5.74, 6) is 3.68. The van der Waals surface area contributed by atoms with Crippen LogP contribution >= 0.6 is 0 Å². The van der Waals surface area contributed by atoms with Crippen LogP contribution in [-0.2, 0) is 6.42 Å². The molecular weight excluding hydrogens is 296 g/mol. The minimum absolute atomic E-state index is 0.588. The number of ether oxygens (including phenoxy) is 1. The molecule has 4 atom stereocenters. The molecule has 4 rings (SSSR count). The lowest BCUT2D eigenvalue weighted by atomic mass is 9.45. The van der Waals surface area contributed by atoms with Crippen LogP contribution in [0.3, 0.4) is 0 Å². The third-order valence-electron chi connectivity index (χ3n) is 6.83. The number of hydrogen-bond donors (Lipinski definition) is 2. The zero-order valence-corrected chi connectivity index (χ0v) is 15.8. The van der Waals surface area contributed by atoms with Crippen molar-refractivity contribution in [2.45, 2.75) is 46.1 Å². The lowest BCUT2D eigenvalue weighted by molar-refractivity contribution is -0.114. The van der Waals surface area contributed by atoms with Gasteiger partial charge in [-0.25, -0.2) is 0 Å². The molecule has 3 saturated carbocycles. The Kier molecular flexibility index (Phi) is 5.51. The molecule has 2 N–H and O–H groups in total. The van der Waals surface area contributed by atoms with Crippen molar-refractivity contribution in [3.63, 3.8) is 0 Å². The Balaban J connectivity index is 1.32. The molecule has 0 unspecified atom stereocenters. The summed E-state index contributed by atoms with van der Waals surface area (Å²) in [5.41, 5.74) is 1.87. The fourth-order valence-corrected chi connectivity index (χ4v) is 5.02. The summed E-state index contributed by atoms with van der Waals surface area (Å²) in [5, 5.41) is 7.36. The highest BCUT2D eigenvalue weighted by atomic mass is 16.5. The van der Waals surface area contributed by atoms with Gasteiger partial charge in [-0.3, -0.25) is 0 Å². The summed E-state index contributed by atoms with van der Waals surface area (Å²) in [6, 6.07) is 9.01. The number of fused-ring (bicyclic) bond motifs is 2. The molecule has 0 aliphatic heterocycles. The number of para-hydroxylation sites is 1. The van der Waals surface area contributed by atoms with Crippen molar-refractivity contribution in [3.05, 3.63) is 29.8 Å². The van der Waals surface area contributed by atoms with E-state index in [1.165, 1.54) is 18.4 Å². The molecule has 134 valence electrons. The summed E-state index contributed by atoms with van der Waals surface area (Å²) in [7, 11) is 1.74. The summed E-state index contributed by atoms with van der Waals surface area (Å²) in [6.45, 7) is 10.5. The number of hydrogen-bond acceptors (Lipinski definition) is 3. The third-order valence-corrected chi connectivity index (χ3v) is 6.83. The van der Waals surface area contributed by atoms with Gasteiger partial charge in [-0.2, -0.15) is 0 Å². The van der Waals surface area contributed by atoms with Crippen LogP contribution in [0.1, 0.15) is 39.2 Å². The molecular formula is C21H34N2O. The normalized spacial score (nSPS) is 30.7. The lowest BCUT2D eigenvalue weighted by Gasteiger charge is -2.62. The molecule has 0 heterocycles. The van der Waals surface area contributed by atoms with Crippen molar-refractivity contribution in [2.24, 2.45) is 23.2 Å². The van der Waals surface area contributed by atoms with Gasteiger partial charge in [-0.1, -0.05) is 39.0 Å². The molecule has 3 nitrogen and oxygen atoms in total. The van der Waals surface area contributed by atoms with Gasteiger partial charge in [0.15, 0.2) is 0 Å². The fourth-order valence-electron chi connectivity index (χ4n) is 5.02.